The van der Waals surface area contributed by atoms with Gasteiger partial charge in [-0.3, -0.25) is 9.59 Å². The Bertz CT molecular complexity index is 679. The van der Waals surface area contributed by atoms with E-state index in [4.69, 9.17) is 0 Å². The predicted octanol–water partition coefficient (Wildman–Crippen LogP) is 3.47. The van der Waals surface area contributed by atoms with Gasteiger partial charge < -0.3 is 4.55 Å². The van der Waals surface area contributed by atoms with E-state index in [1.54, 1.807) is 0 Å². The SMILES string of the molecule is CC1(C)C2CCC1(CS(=O)(=O)[O-])C(=O)C2.CCC(=O)C[S+](C)C1CCCCC1. The fourth-order valence-corrected chi connectivity index (χ4v) is 8.72. The van der Waals surface area contributed by atoms with Gasteiger partial charge in [-0.15, -0.1) is 0 Å². The smallest absolute Gasteiger partial charge is 0.181 e. The number of Topliss-reactive ketones (excluding diaryl/α,β-unsaturated/α-hetero) is 2. The first-order chi connectivity index (χ1) is 12.9. The molecule has 3 aliphatic carbocycles. The van der Waals surface area contributed by atoms with E-state index < -0.39 is 21.3 Å². The van der Waals surface area contributed by atoms with Crippen molar-refractivity contribution in [3.05, 3.63) is 0 Å². The highest BCUT2D eigenvalue weighted by Crippen LogP contribution is 2.64. The Balaban J connectivity index is 0.000000203. The number of carbonyl (C=O) groups excluding carboxylic acids is 2. The summed E-state index contributed by atoms with van der Waals surface area (Å²) in [7, 11) is -3.96. The van der Waals surface area contributed by atoms with Gasteiger partial charge in [-0.1, -0.05) is 27.2 Å². The molecule has 3 fully saturated rings. The molecule has 0 aromatic carbocycles. The van der Waals surface area contributed by atoms with Crippen molar-refractivity contribution in [3.8, 4) is 0 Å². The number of hydrogen-bond acceptors (Lipinski definition) is 5. The number of fused-ring (bicyclic) bond motifs is 2. The average molecular weight is 433 g/mol. The van der Waals surface area contributed by atoms with Crippen LogP contribution in [0, 0.1) is 16.7 Å². The molecule has 0 amide bonds. The summed E-state index contributed by atoms with van der Waals surface area (Å²) in [4.78, 5) is 23.1. The van der Waals surface area contributed by atoms with E-state index in [2.05, 4.69) is 6.26 Å². The first-order valence-corrected chi connectivity index (χ1v) is 14.0. The summed E-state index contributed by atoms with van der Waals surface area (Å²) in [6, 6.07) is 0. The second-order valence-electron chi connectivity index (χ2n) is 9.36. The van der Waals surface area contributed by atoms with Crippen LogP contribution >= 0.6 is 0 Å². The lowest BCUT2D eigenvalue weighted by molar-refractivity contribution is -0.128. The third-order valence-electron chi connectivity index (χ3n) is 7.47. The summed E-state index contributed by atoms with van der Waals surface area (Å²) in [6.07, 6.45) is 11.8. The molecule has 28 heavy (non-hydrogen) atoms. The fourth-order valence-electron chi connectivity index (χ4n) is 5.35. The molecular formula is C21H36O5S2. The standard InChI is InChI=1S/C11H21OS.C10H16O4S/c1-3-10(12)9-13(2)11-7-5-4-6-8-11;1-9(2)7-3-4-10(9,8(11)5-7)6-15(12,13)14/h11H,3-9H2,1-2H3;7H,3-6H2,1-2H3,(H,12,13,14)/q+1;/p-1. The molecule has 0 aromatic heterocycles. The van der Waals surface area contributed by atoms with Crippen LogP contribution in [0.25, 0.3) is 0 Å². The maximum atomic E-state index is 11.8. The molecule has 0 N–H and O–H groups in total. The predicted molar refractivity (Wildman–Crippen MR) is 113 cm³/mol. The van der Waals surface area contributed by atoms with Crippen molar-refractivity contribution >= 4 is 32.6 Å². The van der Waals surface area contributed by atoms with E-state index in [1.165, 1.54) is 32.1 Å². The fraction of sp³-hybridized carbons (Fsp3) is 0.905. The zero-order valence-corrected chi connectivity index (χ0v) is 19.4. The van der Waals surface area contributed by atoms with Crippen molar-refractivity contribution in [2.45, 2.75) is 83.8 Å². The van der Waals surface area contributed by atoms with E-state index in [1.807, 2.05) is 20.8 Å². The van der Waals surface area contributed by atoms with Gasteiger partial charge >= 0.3 is 0 Å². The zero-order valence-electron chi connectivity index (χ0n) is 17.8. The maximum absolute atomic E-state index is 11.8. The average Bonchev–Trinajstić information content (AvgIpc) is 2.95. The lowest BCUT2D eigenvalue weighted by Crippen LogP contribution is -2.42. The van der Waals surface area contributed by atoms with E-state index in [9.17, 15) is 22.6 Å². The number of carbonyl (C=O) groups is 2. The van der Waals surface area contributed by atoms with Crippen LogP contribution in [0.1, 0.15) is 78.6 Å². The Morgan fingerprint density at radius 2 is 1.79 bits per heavy atom. The van der Waals surface area contributed by atoms with Gasteiger partial charge in [0.05, 0.1) is 22.1 Å². The molecule has 0 spiro atoms. The van der Waals surface area contributed by atoms with Gasteiger partial charge in [0, 0.05) is 18.3 Å². The van der Waals surface area contributed by atoms with Gasteiger partial charge in [0.1, 0.15) is 11.0 Å². The summed E-state index contributed by atoms with van der Waals surface area (Å²) < 4.78 is 32.7. The molecule has 0 radical (unpaired) electrons. The lowest BCUT2D eigenvalue weighted by atomic mass is 9.70. The first kappa shape index (κ1) is 23.9. The van der Waals surface area contributed by atoms with E-state index in [-0.39, 0.29) is 17.1 Å². The molecule has 3 atom stereocenters. The molecule has 5 nitrogen and oxygen atoms in total. The Kier molecular flexibility index (Phi) is 7.82. The van der Waals surface area contributed by atoms with Gasteiger partial charge in [0.2, 0.25) is 0 Å². The van der Waals surface area contributed by atoms with E-state index in [0.717, 1.165) is 23.8 Å². The Hall–Kier alpha value is -0.400. The Morgan fingerprint density at radius 1 is 1.18 bits per heavy atom. The van der Waals surface area contributed by atoms with Crippen molar-refractivity contribution in [1.29, 1.82) is 0 Å². The summed E-state index contributed by atoms with van der Waals surface area (Å²) in [5, 5.41) is 0.865. The van der Waals surface area contributed by atoms with E-state index >= 15 is 0 Å². The molecule has 3 unspecified atom stereocenters. The van der Waals surface area contributed by atoms with Crippen LogP contribution in [0.15, 0.2) is 0 Å². The highest BCUT2D eigenvalue weighted by atomic mass is 32.2. The number of ketones is 2. The van der Waals surface area contributed by atoms with Crippen molar-refractivity contribution in [3.63, 3.8) is 0 Å². The van der Waals surface area contributed by atoms with Crippen LogP contribution in [0.2, 0.25) is 0 Å². The highest BCUT2D eigenvalue weighted by Gasteiger charge is 2.64. The molecule has 162 valence electrons. The normalized spacial score (nSPS) is 30.6. The zero-order chi connectivity index (χ0) is 21.2. The van der Waals surface area contributed by atoms with Crippen LogP contribution < -0.4 is 0 Å². The van der Waals surface area contributed by atoms with Crippen molar-refractivity contribution in [1.82, 2.24) is 0 Å². The van der Waals surface area contributed by atoms with Crippen LogP contribution in [0.3, 0.4) is 0 Å². The van der Waals surface area contributed by atoms with Gasteiger partial charge in [-0.2, -0.15) is 0 Å². The van der Waals surface area contributed by atoms with Crippen LogP contribution in [-0.2, 0) is 30.6 Å². The molecule has 0 saturated heterocycles. The minimum absolute atomic E-state index is 0.0248. The molecule has 3 aliphatic rings. The van der Waals surface area contributed by atoms with Crippen LogP contribution in [0.4, 0.5) is 0 Å². The second kappa shape index (κ2) is 9.17. The lowest BCUT2D eigenvalue weighted by Gasteiger charge is -2.37. The first-order valence-electron chi connectivity index (χ1n) is 10.5. The van der Waals surface area contributed by atoms with Gasteiger partial charge in [-0.05, 0) is 60.8 Å². The van der Waals surface area contributed by atoms with Gasteiger partial charge in [0.25, 0.3) is 0 Å². The summed E-state index contributed by atoms with van der Waals surface area (Å²) in [5.41, 5.74) is -1.22. The molecule has 0 aromatic rings. The second-order valence-corrected chi connectivity index (χ2v) is 13.1. The van der Waals surface area contributed by atoms with Crippen LogP contribution in [0.5, 0.6) is 0 Å². The van der Waals surface area contributed by atoms with Crippen molar-refractivity contribution in [2.75, 3.05) is 17.8 Å². The van der Waals surface area contributed by atoms with Crippen LogP contribution in [-0.4, -0.2) is 47.5 Å². The van der Waals surface area contributed by atoms with Crippen molar-refractivity contribution in [2.24, 2.45) is 16.7 Å². The van der Waals surface area contributed by atoms with Crippen molar-refractivity contribution < 1.29 is 22.6 Å². The third-order valence-corrected chi connectivity index (χ3v) is 10.7. The monoisotopic (exact) mass is 432 g/mol. The highest BCUT2D eigenvalue weighted by molar-refractivity contribution is 7.97. The quantitative estimate of drug-likeness (QED) is 0.473. The van der Waals surface area contributed by atoms with E-state index in [0.29, 0.717) is 29.5 Å². The Morgan fingerprint density at radius 3 is 2.21 bits per heavy atom. The largest absolute Gasteiger partial charge is 0.748 e. The molecule has 3 saturated carbocycles. The molecule has 3 rings (SSSR count). The molecule has 7 heteroatoms. The molecular weight excluding hydrogens is 396 g/mol. The number of hydrogen-bond donors (Lipinski definition) is 0. The van der Waals surface area contributed by atoms with Gasteiger partial charge in [0.15, 0.2) is 11.5 Å². The minimum atomic E-state index is -4.33. The summed E-state index contributed by atoms with van der Waals surface area (Å²) in [5.74, 6) is 1.02. The molecule has 0 heterocycles. The number of rotatable bonds is 6. The summed E-state index contributed by atoms with van der Waals surface area (Å²) in [6.45, 7) is 5.81. The molecule has 2 bridgehead atoms. The van der Waals surface area contributed by atoms with Gasteiger partial charge in [-0.25, -0.2) is 8.42 Å². The third kappa shape index (κ3) is 5.20. The molecule has 0 aliphatic heterocycles. The minimum Gasteiger partial charge on any atom is -0.748 e. The topological polar surface area (TPSA) is 91.3 Å². The Labute approximate surface area is 173 Å². The summed E-state index contributed by atoms with van der Waals surface area (Å²) >= 11 is 0. The maximum Gasteiger partial charge on any atom is 0.181 e.